The molecule has 0 aromatic heterocycles. The Balaban J connectivity index is 0.000000590. The average Bonchev–Trinajstić information content (AvgIpc) is 3.21. The van der Waals surface area contributed by atoms with E-state index >= 15 is 0 Å². The summed E-state index contributed by atoms with van der Waals surface area (Å²) in [7, 11) is 0. The minimum atomic E-state index is -5.20. The maximum absolute atomic E-state index is 14.8. The van der Waals surface area contributed by atoms with Crippen LogP contribution in [0.3, 0.4) is 0 Å². The monoisotopic (exact) mass is 919 g/mol. The molecule has 0 spiro atoms. The van der Waals surface area contributed by atoms with E-state index in [0.29, 0.717) is 62.4 Å². The van der Waals surface area contributed by atoms with E-state index in [4.69, 9.17) is 33.4 Å². The van der Waals surface area contributed by atoms with Crippen molar-refractivity contribution in [3.63, 3.8) is 0 Å². The first-order chi connectivity index (χ1) is 28.1. The molecule has 0 amide bonds. The summed E-state index contributed by atoms with van der Waals surface area (Å²) in [6.07, 6.45) is 21.8. The number of unbranched alkanes of at least 4 members (excludes halogenated alkanes) is 4. The molecule has 2 aliphatic heterocycles. The summed E-state index contributed by atoms with van der Waals surface area (Å²) in [5.74, 6) is 1.42. The van der Waals surface area contributed by atoms with Gasteiger partial charge in [0.2, 0.25) is 0 Å². The second kappa shape index (κ2) is 30.0. The standard InChI is InChI=1S/C8H18O4.4C8H17.C7H16O4.2O.2Ti/c1-3-5-8(12-10)7(4-2)6-11-9;4*1-4-6-7-8(3)5-2;1-3-4-7(2,5-10-8)6-11-9;;;;/h7-10H,3-6H2,1-2H3;4*8H,3-7H2,1-2H3;8-9H,3-6H2,1-2H3;;;;/q;;;;;;;;2*+2/p-4. The Morgan fingerprint density at radius 1 is 0.508 bits per heavy atom. The van der Waals surface area contributed by atoms with E-state index in [1.807, 2.05) is 0 Å². The molecule has 0 saturated carbocycles. The van der Waals surface area contributed by atoms with Crippen LogP contribution in [0.4, 0.5) is 0 Å². The predicted octanol–water partition coefficient (Wildman–Crippen LogP) is 16.1. The minimum absolute atomic E-state index is 0.0905. The first-order valence-electron chi connectivity index (χ1n) is 25.2. The first kappa shape index (κ1) is 57.7. The Kier molecular flexibility index (Phi) is 29.4. The summed E-state index contributed by atoms with van der Waals surface area (Å²) in [5.41, 5.74) is -0.182. The molecule has 0 aliphatic carbocycles. The van der Waals surface area contributed by atoms with E-state index in [1.54, 1.807) is 0 Å². The SMILES string of the molecule is CCCCC(CC)[CH2][Ti]1(=[O])([CH2]C(CC)CCCC)[O]OCC(C)(CCC)CO[O]1.CCCCC(CC)[CH2][Ti]1(=[O])([CH2]C(CC)CCCC)[O]OCC(CC)C(CCC)O[O]1. The van der Waals surface area contributed by atoms with Crippen LogP contribution in [0.5, 0.6) is 0 Å². The first-order valence-corrected chi connectivity index (χ1v) is 33.4. The summed E-state index contributed by atoms with van der Waals surface area (Å²) in [4.78, 5) is 23.2. The molecule has 0 aromatic rings. The number of hydrogen-bond donors (Lipinski definition) is 0. The van der Waals surface area contributed by atoms with Crippen molar-refractivity contribution in [2.75, 3.05) is 19.8 Å². The van der Waals surface area contributed by atoms with Crippen LogP contribution in [-0.4, -0.2) is 25.9 Å². The topological polar surface area (TPSA) is 108 Å². The molecule has 2 heterocycles. The molecule has 2 fully saturated rings. The van der Waals surface area contributed by atoms with Crippen LogP contribution in [0, 0.1) is 35.0 Å². The Morgan fingerprint density at radius 3 is 1.20 bits per heavy atom. The fourth-order valence-electron chi connectivity index (χ4n) is 9.42. The van der Waals surface area contributed by atoms with Gasteiger partial charge in [-0.3, -0.25) is 0 Å². The van der Waals surface area contributed by atoms with Gasteiger partial charge in [0.25, 0.3) is 0 Å². The van der Waals surface area contributed by atoms with Crippen molar-refractivity contribution in [1.29, 1.82) is 0 Å². The van der Waals surface area contributed by atoms with Crippen molar-refractivity contribution in [1.82, 2.24) is 0 Å². The van der Waals surface area contributed by atoms with Crippen LogP contribution in [-0.2, 0) is 72.2 Å². The van der Waals surface area contributed by atoms with Crippen LogP contribution in [0.15, 0.2) is 0 Å². The van der Waals surface area contributed by atoms with E-state index < -0.39 is 32.1 Å². The van der Waals surface area contributed by atoms with Gasteiger partial charge < -0.3 is 0 Å². The van der Waals surface area contributed by atoms with E-state index in [2.05, 4.69) is 83.1 Å². The Labute approximate surface area is 367 Å². The summed E-state index contributed by atoms with van der Waals surface area (Å²) in [6, 6.07) is 0. The third-order valence-electron chi connectivity index (χ3n) is 13.6. The van der Waals surface area contributed by atoms with Gasteiger partial charge in [-0.05, 0) is 0 Å². The van der Waals surface area contributed by atoms with Crippen molar-refractivity contribution in [2.24, 2.45) is 35.0 Å². The zero-order valence-electron chi connectivity index (χ0n) is 40.8. The van der Waals surface area contributed by atoms with Gasteiger partial charge in [0.15, 0.2) is 0 Å². The van der Waals surface area contributed by atoms with E-state index in [0.717, 1.165) is 135 Å². The molecular weight excluding hydrogens is 820 g/mol. The van der Waals surface area contributed by atoms with Gasteiger partial charge in [0.1, 0.15) is 0 Å². The van der Waals surface area contributed by atoms with Crippen molar-refractivity contribution >= 4 is 0 Å². The van der Waals surface area contributed by atoms with Crippen LogP contribution >= 0.6 is 0 Å². The van der Waals surface area contributed by atoms with E-state index in [1.165, 1.54) is 0 Å². The molecule has 59 heavy (non-hydrogen) atoms. The normalized spacial score (nSPS) is 25.9. The summed E-state index contributed by atoms with van der Waals surface area (Å²) >= 11 is -10.4. The zero-order valence-corrected chi connectivity index (χ0v) is 44.0. The van der Waals surface area contributed by atoms with E-state index in [-0.39, 0.29) is 17.4 Å². The molecule has 0 N–H and O–H groups in total. The second-order valence-corrected chi connectivity index (χ2v) is 31.6. The van der Waals surface area contributed by atoms with Crippen molar-refractivity contribution < 1.29 is 72.2 Å². The zero-order chi connectivity index (χ0) is 44.3. The Bertz CT molecular complexity index is 1140. The number of hydrogen-bond acceptors (Lipinski definition) is 10. The van der Waals surface area contributed by atoms with Crippen LogP contribution < -0.4 is 0 Å². The molecule has 6 unspecified atom stereocenters. The van der Waals surface area contributed by atoms with Crippen molar-refractivity contribution in [3.05, 3.63) is 0 Å². The van der Waals surface area contributed by atoms with Crippen molar-refractivity contribution in [2.45, 2.75) is 243 Å². The molecule has 354 valence electrons. The van der Waals surface area contributed by atoms with Crippen molar-refractivity contribution in [3.8, 4) is 0 Å². The third kappa shape index (κ3) is 21.0. The molecule has 0 aromatic carbocycles. The number of rotatable bonds is 29. The fraction of sp³-hybridized carbons (Fsp3) is 1.00. The summed E-state index contributed by atoms with van der Waals surface area (Å²) in [6.45, 7) is 27.2. The molecule has 2 rings (SSSR count). The molecule has 6 atom stereocenters. The second-order valence-electron chi connectivity index (χ2n) is 19.5. The van der Waals surface area contributed by atoms with Gasteiger partial charge in [0, 0.05) is 0 Å². The molecule has 12 heteroatoms. The molecule has 2 aliphatic rings. The Hall–Kier alpha value is 0.709. The van der Waals surface area contributed by atoms with Crippen LogP contribution in [0.25, 0.3) is 0 Å². The van der Waals surface area contributed by atoms with Crippen LogP contribution in [0.2, 0.25) is 18.9 Å². The molecule has 10 nitrogen and oxygen atoms in total. The Morgan fingerprint density at radius 2 is 0.881 bits per heavy atom. The maximum atomic E-state index is 14.8. The van der Waals surface area contributed by atoms with Gasteiger partial charge >= 0.3 is 370 Å². The third-order valence-corrected chi connectivity index (χ3v) is 25.1. The molecule has 0 bridgehead atoms. The predicted molar refractivity (Wildman–Crippen MR) is 233 cm³/mol. The summed E-state index contributed by atoms with van der Waals surface area (Å²) < 4.78 is 55.0. The quantitative estimate of drug-likeness (QED) is 0.0531. The molecule has 2 saturated heterocycles. The van der Waals surface area contributed by atoms with Gasteiger partial charge in [-0.2, -0.15) is 0 Å². The van der Waals surface area contributed by atoms with Gasteiger partial charge in [-0.1, -0.05) is 0 Å². The van der Waals surface area contributed by atoms with Gasteiger partial charge in [0.05, 0.1) is 0 Å². The molecule has 0 radical (unpaired) electrons. The van der Waals surface area contributed by atoms with Gasteiger partial charge in [-0.15, -0.1) is 0 Å². The molecular formula is C47H98O10Ti2. The van der Waals surface area contributed by atoms with E-state index in [9.17, 15) is 6.65 Å². The summed E-state index contributed by atoms with van der Waals surface area (Å²) in [5, 5.41) is 0. The average molecular weight is 919 g/mol. The van der Waals surface area contributed by atoms with Gasteiger partial charge in [-0.25, -0.2) is 0 Å². The van der Waals surface area contributed by atoms with Crippen LogP contribution in [0.1, 0.15) is 218 Å². The fourth-order valence-corrected chi connectivity index (χ4v) is 23.0.